The van der Waals surface area contributed by atoms with Crippen LogP contribution in [0.3, 0.4) is 0 Å². The van der Waals surface area contributed by atoms with E-state index in [0.29, 0.717) is 22.3 Å². The fraction of sp³-hybridized carbons (Fsp3) is 0.192. The molecule has 0 unspecified atom stereocenters. The molecule has 0 N–H and O–H groups in total. The van der Waals surface area contributed by atoms with Gasteiger partial charge in [-0.05, 0) is 29.3 Å². The van der Waals surface area contributed by atoms with Gasteiger partial charge < -0.3 is 4.74 Å². The Morgan fingerprint density at radius 2 is 1.56 bits per heavy atom. The van der Waals surface area contributed by atoms with Gasteiger partial charge in [0.15, 0.2) is 0 Å². The monoisotopic (exact) mass is 454 g/mol. The van der Waals surface area contributed by atoms with E-state index in [4.69, 9.17) is 4.74 Å². The van der Waals surface area contributed by atoms with Crippen molar-refractivity contribution in [3.05, 3.63) is 111 Å². The Balaban J connectivity index is 1.61. The van der Waals surface area contributed by atoms with Crippen LogP contribution in [0.15, 0.2) is 72.8 Å². The number of hydrogen-bond acceptors (Lipinski definition) is 6. The summed E-state index contributed by atoms with van der Waals surface area (Å²) in [4.78, 5) is 53.3. The first-order valence-corrected chi connectivity index (χ1v) is 10.8. The van der Waals surface area contributed by atoms with Crippen molar-refractivity contribution in [2.24, 2.45) is 11.8 Å². The number of rotatable bonds is 3. The molecule has 0 spiro atoms. The molecular formula is C26H18N2O6. The zero-order valence-corrected chi connectivity index (χ0v) is 18.0. The Bertz CT molecular complexity index is 1380. The number of carbonyl (C=O) groups is 3. The SMILES string of the molecule is COC(=O)c1cccc(N2C(=O)[C@H]3C4c5ccccc5C([N+](=O)[O-])(c5ccccc54)[C@H]3C2=O)c1. The van der Waals surface area contributed by atoms with Crippen LogP contribution in [-0.4, -0.2) is 29.8 Å². The first-order valence-electron chi connectivity index (χ1n) is 10.8. The van der Waals surface area contributed by atoms with Crippen molar-refractivity contribution >= 4 is 23.5 Å². The summed E-state index contributed by atoms with van der Waals surface area (Å²) in [6, 6.07) is 20.0. The third-order valence-corrected chi connectivity index (χ3v) is 7.39. The Morgan fingerprint density at radius 3 is 2.15 bits per heavy atom. The summed E-state index contributed by atoms with van der Waals surface area (Å²) in [5.74, 6) is -4.36. The molecule has 3 aromatic rings. The minimum Gasteiger partial charge on any atom is -0.465 e. The molecular weight excluding hydrogens is 436 g/mol. The average Bonchev–Trinajstić information content (AvgIpc) is 3.14. The number of carbonyl (C=O) groups excluding carboxylic acids is 3. The molecule has 8 nitrogen and oxygen atoms in total. The van der Waals surface area contributed by atoms with Crippen molar-refractivity contribution in [3.8, 4) is 0 Å². The van der Waals surface area contributed by atoms with Crippen LogP contribution in [0.5, 0.6) is 0 Å². The van der Waals surface area contributed by atoms with E-state index in [1.165, 1.54) is 19.2 Å². The molecule has 168 valence electrons. The molecule has 0 saturated carbocycles. The van der Waals surface area contributed by atoms with E-state index in [2.05, 4.69) is 0 Å². The van der Waals surface area contributed by atoms with E-state index >= 15 is 0 Å². The minimum atomic E-state index is -1.88. The van der Waals surface area contributed by atoms with Gasteiger partial charge in [-0.15, -0.1) is 0 Å². The van der Waals surface area contributed by atoms with Crippen molar-refractivity contribution in [1.82, 2.24) is 0 Å². The lowest BCUT2D eigenvalue weighted by atomic mass is 9.51. The standard InChI is InChI=1S/C26H18N2O6/c1-34-25(31)14-7-6-8-15(13-14)27-23(29)21-20-16-9-2-4-11-18(16)26(28(32)33,22(21)24(27)30)19-12-5-3-10-17(19)20/h2-13,20-22H,1H3/t20?,21-,22+,26?/m0/s1. The third-order valence-electron chi connectivity index (χ3n) is 7.39. The number of ether oxygens (including phenoxy) is 1. The maximum Gasteiger partial charge on any atom is 0.337 e. The molecule has 8 heteroatoms. The van der Waals surface area contributed by atoms with Crippen LogP contribution in [0.1, 0.15) is 38.5 Å². The molecule has 0 aromatic heterocycles. The van der Waals surface area contributed by atoms with Crippen molar-refractivity contribution in [1.29, 1.82) is 0 Å². The fourth-order valence-electron chi connectivity index (χ4n) is 6.19. The molecule has 1 aliphatic heterocycles. The molecule has 3 aliphatic carbocycles. The number of amides is 2. The van der Waals surface area contributed by atoms with Gasteiger partial charge in [0.25, 0.3) is 5.54 Å². The molecule has 34 heavy (non-hydrogen) atoms. The van der Waals surface area contributed by atoms with Crippen molar-refractivity contribution in [2.45, 2.75) is 11.5 Å². The maximum atomic E-state index is 13.9. The van der Waals surface area contributed by atoms with Gasteiger partial charge in [-0.1, -0.05) is 54.6 Å². The first kappa shape index (κ1) is 20.3. The predicted molar refractivity (Wildman–Crippen MR) is 120 cm³/mol. The molecule has 1 heterocycles. The number of imide groups is 1. The predicted octanol–water partition coefficient (Wildman–Crippen LogP) is 3.26. The van der Waals surface area contributed by atoms with Gasteiger partial charge in [-0.2, -0.15) is 0 Å². The van der Waals surface area contributed by atoms with Crippen LogP contribution >= 0.6 is 0 Å². The summed E-state index contributed by atoms with van der Waals surface area (Å²) >= 11 is 0. The molecule has 2 bridgehead atoms. The Labute approximate surface area is 193 Å². The second-order valence-electron chi connectivity index (χ2n) is 8.73. The number of nitro groups is 1. The van der Waals surface area contributed by atoms with Crippen LogP contribution in [0, 0.1) is 22.0 Å². The topological polar surface area (TPSA) is 107 Å². The number of anilines is 1. The van der Waals surface area contributed by atoms with Gasteiger partial charge in [-0.25, -0.2) is 9.69 Å². The molecule has 3 aromatic carbocycles. The largest absolute Gasteiger partial charge is 0.465 e. The second-order valence-corrected chi connectivity index (χ2v) is 8.73. The van der Waals surface area contributed by atoms with Crippen molar-refractivity contribution in [3.63, 3.8) is 0 Å². The zero-order valence-electron chi connectivity index (χ0n) is 18.0. The molecule has 2 amide bonds. The van der Waals surface area contributed by atoms with Crippen LogP contribution < -0.4 is 4.90 Å². The summed E-state index contributed by atoms with van der Waals surface area (Å²) in [7, 11) is 1.24. The number of methoxy groups -OCH3 is 1. The van der Waals surface area contributed by atoms with Gasteiger partial charge in [0.2, 0.25) is 11.8 Å². The lowest BCUT2D eigenvalue weighted by molar-refractivity contribution is -0.578. The van der Waals surface area contributed by atoms with E-state index in [1.807, 2.05) is 12.1 Å². The minimum absolute atomic E-state index is 0.175. The molecule has 7 rings (SSSR count). The number of nitrogens with zero attached hydrogens (tertiary/aromatic N) is 2. The van der Waals surface area contributed by atoms with Gasteiger partial charge in [0.05, 0.1) is 24.3 Å². The second kappa shape index (κ2) is 6.84. The summed E-state index contributed by atoms with van der Waals surface area (Å²) in [5.41, 5.74) is 0.796. The first-order chi connectivity index (χ1) is 16.4. The lowest BCUT2D eigenvalue weighted by Crippen LogP contribution is -2.57. The quantitative estimate of drug-likeness (QED) is 0.260. The van der Waals surface area contributed by atoms with E-state index < -0.39 is 46.0 Å². The number of benzene rings is 3. The Morgan fingerprint density at radius 1 is 0.941 bits per heavy atom. The van der Waals surface area contributed by atoms with Crippen molar-refractivity contribution in [2.75, 3.05) is 12.0 Å². The Hall–Kier alpha value is -4.33. The smallest absolute Gasteiger partial charge is 0.337 e. The van der Waals surface area contributed by atoms with E-state index in [9.17, 15) is 24.5 Å². The summed E-state index contributed by atoms with van der Waals surface area (Å²) < 4.78 is 4.76. The molecule has 0 radical (unpaired) electrons. The highest BCUT2D eigenvalue weighted by Gasteiger charge is 2.74. The molecule has 1 fully saturated rings. The lowest BCUT2D eigenvalue weighted by Gasteiger charge is -2.48. The zero-order chi connectivity index (χ0) is 23.8. The maximum absolute atomic E-state index is 13.9. The van der Waals surface area contributed by atoms with Crippen LogP contribution in [0.4, 0.5) is 5.69 Å². The highest BCUT2D eigenvalue weighted by Crippen LogP contribution is 2.64. The molecule has 1 saturated heterocycles. The van der Waals surface area contributed by atoms with E-state index in [1.54, 1.807) is 48.5 Å². The number of esters is 1. The van der Waals surface area contributed by atoms with Crippen LogP contribution in [0.25, 0.3) is 0 Å². The van der Waals surface area contributed by atoms with Gasteiger partial charge in [0.1, 0.15) is 5.92 Å². The highest BCUT2D eigenvalue weighted by molar-refractivity contribution is 6.23. The summed E-state index contributed by atoms with van der Waals surface area (Å²) in [6.45, 7) is 0. The van der Waals surface area contributed by atoms with E-state index in [-0.39, 0.29) is 11.3 Å². The van der Waals surface area contributed by atoms with Crippen LogP contribution in [0.2, 0.25) is 0 Å². The summed E-state index contributed by atoms with van der Waals surface area (Å²) in [6.07, 6.45) is 0. The normalized spacial score (nSPS) is 26.0. The number of hydrogen-bond donors (Lipinski definition) is 0. The van der Waals surface area contributed by atoms with Gasteiger partial charge >= 0.3 is 5.97 Å². The fourth-order valence-corrected chi connectivity index (χ4v) is 6.19. The average molecular weight is 454 g/mol. The highest BCUT2D eigenvalue weighted by atomic mass is 16.6. The van der Waals surface area contributed by atoms with Gasteiger partial charge in [0, 0.05) is 22.0 Å². The van der Waals surface area contributed by atoms with Crippen LogP contribution in [-0.2, 0) is 19.9 Å². The molecule has 2 atom stereocenters. The third kappa shape index (κ3) is 2.24. The Kier molecular flexibility index (Phi) is 4.08. The van der Waals surface area contributed by atoms with Crippen molar-refractivity contribution < 1.29 is 24.0 Å². The van der Waals surface area contributed by atoms with Gasteiger partial charge in [-0.3, -0.25) is 19.7 Å². The summed E-state index contributed by atoms with van der Waals surface area (Å²) in [5, 5.41) is 12.9. The molecule has 4 aliphatic rings. The van der Waals surface area contributed by atoms with E-state index in [0.717, 1.165) is 4.90 Å².